The summed E-state index contributed by atoms with van der Waals surface area (Å²) in [6.45, 7) is 0. The number of halogens is 3. The molecule has 0 aliphatic heterocycles. The zero-order valence-electron chi connectivity index (χ0n) is 10.8. The van der Waals surface area contributed by atoms with E-state index in [1.807, 2.05) is 13.2 Å². The lowest BCUT2D eigenvalue weighted by Crippen LogP contribution is -2.08. The molecule has 0 aromatic carbocycles. The molecule has 0 saturated heterocycles. The molecule has 4 nitrogen and oxygen atoms in total. The minimum Gasteiger partial charge on any atom is -0.276 e. The fourth-order valence-electron chi connectivity index (χ4n) is 1.61. The Bertz CT molecular complexity index is 568. The zero-order chi connectivity index (χ0) is 14.6. The second kappa shape index (κ2) is 6.25. The highest BCUT2D eigenvalue weighted by atomic mass is 32.2. The fraction of sp³-hybridized carbons (Fsp3) is 0.417. The van der Waals surface area contributed by atoms with E-state index in [4.69, 9.17) is 0 Å². The third-order valence-electron chi connectivity index (χ3n) is 2.52. The Morgan fingerprint density at radius 2 is 2.15 bits per heavy atom. The van der Waals surface area contributed by atoms with Crippen LogP contribution in [-0.4, -0.2) is 25.5 Å². The molecule has 2 aromatic heterocycles. The number of alkyl halides is 3. The van der Waals surface area contributed by atoms with Crippen molar-refractivity contribution >= 4 is 11.8 Å². The number of thioether (sulfide) groups is 1. The fourth-order valence-corrected chi connectivity index (χ4v) is 2.38. The summed E-state index contributed by atoms with van der Waals surface area (Å²) in [7, 11) is 1.84. The van der Waals surface area contributed by atoms with Gasteiger partial charge in [0, 0.05) is 25.2 Å². The molecule has 0 bridgehead atoms. The van der Waals surface area contributed by atoms with Crippen LogP contribution in [0, 0.1) is 0 Å². The van der Waals surface area contributed by atoms with Crippen molar-refractivity contribution in [3.63, 3.8) is 0 Å². The summed E-state index contributed by atoms with van der Waals surface area (Å²) >= 11 is 1.23. The highest BCUT2D eigenvalue weighted by Gasteiger charge is 2.32. The molecule has 8 heteroatoms. The molecule has 0 atom stereocenters. The molecule has 2 rings (SSSR count). The van der Waals surface area contributed by atoms with E-state index in [0.29, 0.717) is 5.75 Å². The first kappa shape index (κ1) is 14.8. The molecule has 0 saturated carbocycles. The molecule has 0 aliphatic rings. The van der Waals surface area contributed by atoms with E-state index in [2.05, 4.69) is 15.1 Å². The maximum atomic E-state index is 12.5. The van der Waals surface area contributed by atoms with Crippen molar-refractivity contribution in [2.24, 2.45) is 7.05 Å². The summed E-state index contributed by atoms with van der Waals surface area (Å²) in [6.07, 6.45) is 2.08. The van der Waals surface area contributed by atoms with E-state index >= 15 is 0 Å². The second-order valence-electron chi connectivity index (χ2n) is 4.20. The second-order valence-corrected chi connectivity index (χ2v) is 5.26. The molecule has 0 N–H and O–H groups in total. The highest BCUT2D eigenvalue weighted by molar-refractivity contribution is 7.99. The average Bonchev–Trinajstić information content (AvgIpc) is 2.80. The van der Waals surface area contributed by atoms with E-state index in [-0.39, 0.29) is 5.16 Å². The van der Waals surface area contributed by atoms with Crippen molar-refractivity contribution in [2.45, 2.75) is 24.2 Å². The summed E-state index contributed by atoms with van der Waals surface area (Å²) < 4.78 is 39.1. The third kappa shape index (κ3) is 4.22. The lowest BCUT2D eigenvalue weighted by Gasteiger charge is -2.06. The number of rotatable bonds is 5. The van der Waals surface area contributed by atoms with Crippen LogP contribution >= 0.6 is 11.8 Å². The third-order valence-corrected chi connectivity index (χ3v) is 3.47. The number of hydrogen-bond donors (Lipinski definition) is 0. The molecule has 20 heavy (non-hydrogen) atoms. The molecule has 2 aromatic rings. The van der Waals surface area contributed by atoms with Gasteiger partial charge in [-0.15, -0.1) is 0 Å². The molecule has 0 amide bonds. The van der Waals surface area contributed by atoms with Crippen LogP contribution in [0.2, 0.25) is 0 Å². The van der Waals surface area contributed by atoms with E-state index < -0.39 is 11.9 Å². The number of hydrogen-bond acceptors (Lipinski definition) is 4. The van der Waals surface area contributed by atoms with Crippen molar-refractivity contribution in [3.05, 3.63) is 35.9 Å². The minimum atomic E-state index is -4.42. The molecule has 108 valence electrons. The molecule has 0 aliphatic carbocycles. The van der Waals surface area contributed by atoms with Crippen LogP contribution in [-0.2, 0) is 19.6 Å². The van der Waals surface area contributed by atoms with E-state index in [0.717, 1.165) is 30.7 Å². The monoisotopic (exact) mass is 302 g/mol. The van der Waals surface area contributed by atoms with Crippen molar-refractivity contribution in [3.8, 4) is 0 Å². The highest BCUT2D eigenvalue weighted by Crippen LogP contribution is 2.28. The number of aromatic nitrogens is 4. The maximum absolute atomic E-state index is 12.5. The standard InChI is InChI=1S/C12H13F3N4S/c1-19-8-9(7-17-19)3-2-6-20-11-16-5-4-10(18-11)12(13,14)15/h4-5,7-8H,2-3,6H2,1H3. The van der Waals surface area contributed by atoms with Gasteiger partial charge in [-0.2, -0.15) is 18.3 Å². The van der Waals surface area contributed by atoms with Gasteiger partial charge < -0.3 is 0 Å². The average molecular weight is 302 g/mol. The normalized spacial score (nSPS) is 11.8. The largest absolute Gasteiger partial charge is 0.433 e. The van der Waals surface area contributed by atoms with Gasteiger partial charge in [-0.25, -0.2) is 9.97 Å². The summed E-state index contributed by atoms with van der Waals surface area (Å²) in [5, 5.41) is 4.21. The Balaban J connectivity index is 1.82. The first-order chi connectivity index (χ1) is 9.45. The van der Waals surface area contributed by atoms with Crippen LogP contribution in [0.4, 0.5) is 13.2 Å². The molecule has 0 spiro atoms. The van der Waals surface area contributed by atoms with Gasteiger partial charge in [-0.05, 0) is 24.5 Å². The van der Waals surface area contributed by atoms with Gasteiger partial charge in [0.2, 0.25) is 0 Å². The molecule has 0 fully saturated rings. The molecular weight excluding hydrogens is 289 g/mol. The first-order valence-electron chi connectivity index (χ1n) is 5.96. The molecule has 2 heterocycles. The number of aryl methyl sites for hydroxylation is 2. The quantitative estimate of drug-likeness (QED) is 0.484. The first-order valence-corrected chi connectivity index (χ1v) is 6.94. The SMILES string of the molecule is Cn1cc(CCCSc2nccc(C(F)(F)F)n2)cn1. The van der Waals surface area contributed by atoms with Crippen LogP contribution in [0.15, 0.2) is 29.8 Å². The minimum absolute atomic E-state index is 0.158. The smallest absolute Gasteiger partial charge is 0.276 e. The van der Waals surface area contributed by atoms with Gasteiger partial charge in [0.15, 0.2) is 5.16 Å². The molecule has 0 radical (unpaired) electrons. The summed E-state index contributed by atoms with van der Waals surface area (Å²) in [5.74, 6) is 0.663. The predicted molar refractivity (Wildman–Crippen MR) is 69.3 cm³/mol. The Morgan fingerprint density at radius 3 is 2.80 bits per heavy atom. The van der Waals surface area contributed by atoms with Crippen LogP contribution in [0.3, 0.4) is 0 Å². The van der Waals surface area contributed by atoms with Crippen LogP contribution < -0.4 is 0 Å². The summed E-state index contributed by atoms with van der Waals surface area (Å²) in [4.78, 5) is 7.34. The Morgan fingerprint density at radius 1 is 1.35 bits per heavy atom. The summed E-state index contributed by atoms with van der Waals surface area (Å²) in [5.41, 5.74) is 0.209. The van der Waals surface area contributed by atoms with E-state index in [9.17, 15) is 13.2 Å². The lowest BCUT2D eigenvalue weighted by molar-refractivity contribution is -0.141. The van der Waals surface area contributed by atoms with E-state index in [1.165, 1.54) is 11.8 Å². The zero-order valence-corrected chi connectivity index (χ0v) is 11.6. The van der Waals surface area contributed by atoms with Crippen LogP contribution in [0.5, 0.6) is 0 Å². The Hall–Kier alpha value is -1.57. The topological polar surface area (TPSA) is 43.6 Å². The number of nitrogens with zero attached hydrogens (tertiary/aromatic N) is 4. The van der Waals surface area contributed by atoms with Crippen molar-refractivity contribution < 1.29 is 13.2 Å². The molecular formula is C12H13F3N4S. The lowest BCUT2D eigenvalue weighted by atomic mass is 10.2. The summed E-state index contributed by atoms with van der Waals surface area (Å²) in [6, 6.07) is 0.875. The van der Waals surface area contributed by atoms with Crippen molar-refractivity contribution in [2.75, 3.05) is 5.75 Å². The van der Waals surface area contributed by atoms with Gasteiger partial charge in [-0.3, -0.25) is 4.68 Å². The predicted octanol–water partition coefficient (Wildman–Crippen LogP) is 2.95. The maximum Gasteiger partial charge on any atom is 0.433 e. The van der Waals surface area contributed by atoms with Crippen LogP contribution in [0.25, 0.3) is 0 Å². The van der Waals surface area contributed by atoms with Gasteiger partial charge in [0.05, 0.1) is 6.20 Å². The molecule has 0 unspecified atom stereocenters. The van der Waals surface area contributed by atoms with Crippen molar-refractivity contribution in [1.82, 2.24) is 19.7 Å². The Kier molecular flexibility index (Phi) is 4.64. The van der Waals surface area contributed by atoms with Crippen molar-refractivity contribution in [1.29, 1.82) is 0 Å². The van der Waals surface area contributed by atoms with E-state index in [1.54, 1.807) is 10.9 Å². The van der Waals surface area contributed by atoms with Gasteiger partial charge in [-0.1, -0.05) is 11.8 Å². The van der Waals surface area contributed by atoms with Gasteiger partial charge in [0.1, 0.15) is 5.69 Å². The van der Waals surface area contributed by atoms with Crippen LogP contribution in [0.1, 0.15) is 17.7 Å². The van der Waals surface area contributed by atoms with Gasteiger partial charge >= 0.3 is 6.18 Å². The van der Waals surface area contributed by atoms with Gasteiger partial charge in [0.25, 0.3) is 0 Å². The Labute approximate surface area is 118 Å².